The van der Waals surface area contributed by atoms with E-state index in [2.05, 4.69) is 34.2 Å². The van der Waals surface area contributed by atoms with Crippen LogP contribution in [0.3, 0.4) is 0 Å². The average molecular weight is 387 g/mol. The quantitative estimate of drug-likeness (QED) is 0.741. The van der Waals surface area contributed by atoms with Gasteiger partial charge in [0.1, 0.15) is 11.5 Å². The second-order valence-corrected chi connectivity index (χ2v) is 7.41. The SMILES string of the molecule is Cc1ccc(Nc2cc(C(=O)N3CCN(C)CC3)nc(-c3ccccc3)n2)cc1. The first kappa shape index (κ1) is 19.1. The summed E-state index contributed by atoms with van der Waals surface area (Å²) in [5.74, 6) is 1.10. The molecule has 29 heavy (non-hydrogen) atoms. The number of benzene rings is 2. The third kappa shape index (κ3) is 4.60. The Morgan fingerprint density at radius 1 is 0.931 bits per heavy atom. The molecule has 1 aliphatic rings. The molecule has 2 heterocycles. The van der Waals surface area contributed by atoms with E-state index in [-0.39, 0.29) is 5.91 Å². The monoisotopic (exact) mass is 387 g/mol. The number of aromatic nitrogens is 2. The number of piperazine rings is 1. The summed E-state index contributed by atoms with van der Waals surface area (Å²) >= 11 is 0. The molecule has 0 atom stereocenters. The molecule has 1 aliphatic heterocycles. The van der Waals surface area contributed by atoms with Crippen LogP contribution in [0.4, 0.5) is 11.5 Å². The Morgan fingerprint density at radius 3 is 2.31 bits per heavy atom. The lowest BCUT2D eigenvalue weighted by Crippen LogP contribution is -2.47. The molecule has 0 unspecified atom stereocenters. The smallest absolute Gasteiger partial charge is 0.272 e. The predicted molar refractivity (Wildman–Crippen MR) is 115 cm³/mol. The molecule has 0 spiro atoms. The summed E-state index contributed by atoms with van der Waals surface area (Å²) in [4.78, 5) is 26.5. The van der Waals surface area contributed by atoms with Crippen molar-refractivity contribution in [3.63, 3.8) is 0 Å². The number of nitrogens with zero attached hydrogens (tertiary/aromatic N) is 4. The van der Waals surface area contributed by atoms with Crippen molar-refractivity contribution in [3.05, 3.63) is 71.9 Å². The lowest BCUT2D eigenvalue weighted by atomic mass is 10.2. The van der Waals surface area contributed by atoms with Crippen molar-refractivity contribution in [1.82, 2.24) is 19.8 Å². The minimum atomic E-state index is -0.0513. The normalized spacial score (nSPS) is 14.6. The van der Waals surface area contributed by atoms with Crippen molar-refractivity contribution in [2.45, 2.75) is 6.92 Å². The molecule has 1 fully saturated rings. The molecule has 3 aromatic rings. The van der Waals surface area contributed by atoms with Crippen LogP contribution < -0.4 is 5.32 Å². The molecule has 6 heteroatoms. The number of anilines is 2. The Bertz CT molecular complexity index is 980. The first-order valence-corrected chi connectivity index (χ1v) is 9.84. The molecule has 4 rings (SSSR count). The van der Waals surface area contributed by atoms with E-state index in [1.165, 1.54) is 5.56 Å². The first-order valence-electron chi connectivity index (χ1n) is 9.84. The highest BCUT2D eigenvalue weighted by Crippen LogP contribution is 2.22. The number of carbonyl (C=O) groups is 1. The van der Waals surface area contributed by atoms with Gasteiger partial charge in [-0.1, -0.05) is 48.0 Å². The largest absolute Gasteiger partial charge is 0.340 e. The van der Waals surface area contributed by atoms with Crippen molar-refractivity contribution in [2.24, 2.45) is 0 Å². The van der Waals surface area contributed by atoms with Crippen LogP contribution >= 0.6 is 0 Å². The van der Waals surface area contributed by atoms with Gasteiger partial charge in [0.15, 0.2) is 5.82 Å². The Morgan fingerprint density at radius 2 is 1.62 bits per heavy atom. The second-order valence-electron chi connectivity index (χ2n) is 7.41. The van der Waals surface area contributed by atoms with E-state index in [0.717, 1.165) is 24.3 Å². The molecule has 148 valence electrons. The molecular formula is C23H25N5O. The molecule has 1 N–H and O–H groups in total. The second kappa shape index (κ2) is 8.41. The lowest BCUT2D eigenvalue weighted by Gasteiger charge is -2.32. The number of nitrogens with one attached hydrogen (secondary N) is 1. The molecular weight excluding hydrogens is 362 g/mol. The van der Waals surface area contributed by atoms with Crippen LogP contribution in [0, 0.1) is 6.92 Å². The van der Waals surface area contributed by atoms with Crippen molar-refractivity contribution in [2.75, 3.05) is 38.5 Å². The van der Waals surface area contributed by atoms with Crippen molar-refractivity contribution < 1.29 is 4.79 Å². The number of aryl methyl sites for hydroxylation is 1. The fourth-order valence-corrected chi connectivity index (χ4v) is 3.29. The van der Waals surface area contributed by atoms with Gasteiger partial charge in [0.2, 0.25) is 0 Å². The molecule has 0 radical (unpaired) electrons. The van der Waals surface area contributed by atoms with Gasteiger partial charge in [-0.25, -0.2) is 9.97 Å². The third-order valence-corrected chi connectivity index (χ3v) is 5.09. The third-order valence-electron chi connectivity index (χ3n) is 5.09. The molecule has 0 bridgehead atoms. The van der Waals surface area contributed by atoms with Crippen LogP contribution in [-0.2, 0) is 0 Å². The maximum absolute atomic E-state index is 13.1. The number of carbonyl (C=O) groups excluding carboxylic acids is 1. The van der Waals surface area contributed by atoms with Crippen LogP contribution in [0.1, 0.15) is 16.1 Å². The zero-order valence-electron chi connectivity index (χ0n) is 16.8. The highest BCUT2D eigenvalue weighted by molar-refractivity contribution is 5.93. The highest BCUT2D eigenvalue weighted by atomic mass is 16.2. The summed E-state index contributed by atoms with van der Waals surface area (Å²) in [6.07, 6.45) is 0. The molecule has 2 aromatic carbocycles. The summed E-state index contributed by atoms with van der Waals surface area (Å²) in [5.41, 5.74) is 3.41. The Balaban J connectivity index is 1.68. The van der Waals surface area contributed by atoms with Gasteiger partial charge in [0, 0.05) is 43.5 Å². The van der Waals surface area contributed by atoms with Crippen LogP contribution in [0.25, 0.3) is 11.4 Å². The summed E-state index contributed by atoms with van der Waals surface area (Å²) in [6, 6.07) is 19.6. The summed E-state index contributed by atoms with van der Waals surface area (Å²) in [5, 5.41) is 3.32. The van der Waals surface area contributed by atoms with E-state index >= 15 is 0 Å². The summed E-state index contributed by atoms with van der Waals surface area (Å²) in [6.45, 7) is 5.21. The van der Waals surface area contributed by atoms with E-state index in [4.69, 9.17) is 0 Å². The van der Waals surface area contributed by atoms with Gasteiger partial charge in [0.25, 0.3) is 5.91 Å². The number of likely N-dealkylation sites (N-methyl/N-ethyl adjacent to an activating group) is 1. The van der Waals surface area contributed by atoms with Gasteiger partial charge < -0.3 is 15.1 Å². The lowest BCUT2D eigenvalue weighted by molar-refractivity contribution is 0.0658. The molecule has 6 nitrogen and oxygen atoms in total. The van der Waals surface area contributed by atoms with E-state index < -0.39 is 0 Å². The van der Waals surface area contributed by atoms with E-state index in [0.29, 0.717) is 30.4 Å². The number of rotatable bonds is 4. The van der Waals surface area contributed by atoms with Gasteiger partial charge >= 0.3 is 0 Å². The first-order chi connectivity index (χ1) is 14.1. The molecule has 0 aliphatic carbocycles. The van der Waals surface area contributed by atoms with Gasteiger partial charge in [-0.2, -0.15) is 0 Å². The Labute approximate surface area is 171 Å². The van der Waals surface area contributed by atoms with E-state index in [9.17, 15) is 4.79 Å². The highest BCUT2D eigenvalue weighted by Gasteiger charge is 2.23. The maximum Gasteiger partial charge on any atom is 0.272 e. The Hall–Kier alpha value is -3.25. The van der Waals surface area contributed by atoms with Crippen LogP contribution in [-0.4, -0.2) is 58.9 Å². The Kier molecular flexibility index (Phi) is 5.53. The van der Waals surface area contributed by atoms with Gasteiger partial charge in [0.05, 0.1) is 0 Å². The molecule has 1 aromatic heterocycles. The fraction of sp³-hybridized carbons (Fsp3) is 0.261. The van der Waals surface area contributed by atoms with Crippen molar-refractivity contribution >= 4 is 17.4 Å². The number of hydrogen-bond acceptors (Lipinski definition) is 5. The maximum atomic E-state index is 13.1. The molecule has 0 saturated carbocycles. The number of amides is 1. The predicted octanol–water partition coefficient (Wildman–Crippen LogP) is 3.58. The zero-order chi connectivity index (χ0) is 20.2. The van der Waals surface area contributed by atoms with Crippen LogP contribution in [0.5, 0.6) is 0 Å². The number of hydrogen-bond donors (Lipinski definition) is 1. The van der Waals surface area contributed by atoms with E-state index in [1.54, 1.807) is 6.07 Å². The topological polar surface area (TPSA) is 61.4 Å². The standard InChI is InChI=1S/C23H25N5O/c1-17-8-10-19(11-9-17)24-21-16-20(23(29)28-14-12-27(2)13-15-28)25-22(26-21)18-6-4-3-5-7-18/h3-11,16H,12-15H2,1-2H3,(H,24,25,26). The summed E-state index contributed by atoms with van der Waals surface area (Å²) in [7, 11) is 2.07. The van der Waals surface area contributed by atoms with Gasteiger partial charge in [-0.3, -0.25) is 4.79 Å². The van der Waals surface area contributed by atoms with Crippen LogP contribution in [0.2, 0.25) is 0 Å². The zero-order valence-corrected chi connectivity index (χ0v) is 16.8. The minimum Gasteiger partial charge on any atom is -0.340 e. The van der Waals surface area contributed by atoms with Crippen molar-refractivity contribution in [1.29, 1.82) is 0 Å². The van der Waals surface area contributed by atoms with Gasteiger partial charge in [-0.05, 0) is 26.1 Å². The summed E-state index contributed by atoms with van der Waals surface area (Å²) < 4.78 is 0. The molecule has 1 amide bonds. The average Bonchev–Trinajstić information content (AvgIpc) is 2.76. The fourth-order valence-electron chi connectivity index (χ4n) is 3.29. The van der Waals surface area contributed by atoms with E-state index in [1.807, 2.05) is 59.5 Å². The van der Waals surface area contributed by atoms with Crippen molar-refractivity contribution in [3.8, 4) is 11.4 Å². The van der Waals surface area contributed by atoms with Gasteiger partial charge in [-0.15, -0.1) is 0 Å². The van der Waals surface area contributed by atoms with Crippen LogP contribution in [0.15, 0.2) is 60.7 Å². The minimum absolute atomic E-state index is 0.0513. The molecule has 1 saturated heterocycles.